The lowest BCUT2D eigenvalue weighted by Crippen LogP contribution is -2.13. The summed E-state index contributed by atoms with van der Waals surface area (Å²) in [6.07, 6.45) is 0. The number of nitrogens with two attached hydrogens (primary N) is 1. The van der Waals surface area contributed by atoms with Gasteiger partial charge in [-0.1, -0.05) is 39.7 Å². The van der Waals surface area contributed by atoms with Gasteiger partial charge in [0.2, 0.25) is 0 Å². The number of ether oxygens (including phenoxy) is 2. The summed E-state index contributed by atoms with van der Waals surface area (Å²) in [4.78, 5) is 0. The van der Waals surface area contributed by atoms with Gasteiger partial charge in [0, 0.05) is 15.1 Å². The van der Waals surface area contributed by atoms with Crippen LogP contribution in [0.1, 0.15) is 17.2 Å². The van der Waals surface area contributed by atoms with Crippen LogP contribution in [-0.2, 0) is 0 Å². The summed E-state index contributed by atoms with van der Waals surface area (Å²) in [7, 11) is 3.23. The fourth-order valence-corrected chi connectivity index (χ4v) is 2.76. The van der Waals surface area contributed by atoms with Crippen LogP contribution < -0.4 is 15.2 Å². The molecule has 0 bridgehead atoms. The summed E-state index contributed by atoms with van der Waals surface area (Å²) in [5.41, 5.74) is 8.17. The van der Waals surface area contributed by atoms with Gasteiger partial charge in [-0.25, -0.2) is 0 Å². The van der Waals surface area contributed by atoms with Crippen LogP contribution in [0, 0.1) is 0 Å². The van der Waals surface area contributed by atoms with Crippen LogP contribution in [-0.4, -0.2) is 14.2 Å². The molecule has 0 aliphatic carbocycles. The molecule has 106 valence electrons. The zero-order chi connectivity index (χ0) is 14.7. The van der Waals surface area contributed by atoms with E-state index in [4.69, 9.17) is 26.8 Å². The minimum atomic E-state index is -0.317. The molecule has 1 atom stereocenters. The summed E-state index contributed by atoms with van der Waals surface area (Å²) >= 11 is 9.49. The topological polar surface area (TPSA) is 44.5 Å². The largest absolute Gasteiger partial charge is 0.497 e. The Bertz CT molecular complexity index is 619. The Hall–Kier alpha value is -1.23. The third-order valence-corrected chi connectivity index (χ3v) is 4.00. The Kier molecular flexibility index (Phi) is 4.91. The van der Waals surface area contributed by atoms with E-state index in [0.29, 0.717) is 10.8 Å². The smallest absolute Gasteiger partial charge is 0.125 e. The molecule has 0 radical (unpaired) electrons. The van der Waals surface area contributed by atoms with Crippen LogP contribution in [0.3, 0.4) is 0 Å². The summed E-state index contributed by atoms with van der Waals surface area (Å²) in [6, 6.07) is 10.8. The Morgan fingerprint density at radius 1 is 1.05 bits per heavy atom. The Labute approximate surface area is 131 Å². The van der Waals surface area contributed by atoms with Crippen molar-refractivity contribution in [3.8, 4) is 11.5 Å². The minimum absolute atomic E-state index is 0.317. The number of methoxy groups -OCH3 is 2. The van der Waals surface area contributed by atoms with E-state index in [1.54, 1.807) is 26.4 Å². The average molecular weight is 357 g/mol. The lowest BCUT2D eigenvalue weighted by atomic mass is 9.98. The van der Waals surface area contributed by atoms with Gasteiger partial charge in [0.1, 0.15) is 11.5 Å². The molecule has 0 amide bonds. The zero-order valence-electron chi connectivity index (χ0n) is 11.2. The highest BCUT2D eigenvalue weighted by Gasteiger charge is 2.17. The first-order valence-electron chi connectivity index (χ1n) is 5.99. The third-order valence-electron chi connectivity index (χ3n) is 3.07. The van der Waals surface area contributed by atoms with Crippen LogP contribution >= 0.6 is 27.5 Å². The number of benzene rings is 2. The molecule has 2 rings (SSSR count). The highest BCUT2D eigenvalue weighted by molar-refractivity contribution is 9.10. The van der Waals surface area contributed by atoms with Crippen molar-refractivity contribution in [1.29, 1.82) is 0 Å². The van der Waals surface area contributed by atoms with Gasteiger partial charge < -0.3 is 15.2 Å². The SMILES string of the molecule is COc1ccc(C(N)c2ccc(Cl)cc2OC)c(Br)c1. The molecule has 5 heteroatoms. The van der Waals surface area contributed by atoms with Gasteiger partial charge in [-0.2, -0.15) is 0 Å². The highest BCUT2D eigenvalue weighted by atomic mass is 79.9. The predicted molar refractivity (Wildman–Crippen MR) is 84.7 cm³/mol. The Morgan fingerprint density at radius 2 is 1.75 bits per heavy atom. The fraction of sp³-hybridized carbons (Fsp3) is 0.200. The molecule has 0 saturated carbocycles. The summed E-state index contributed by atoms with van der Waals surface area (Å²) < 4.78 is 11.4. The molecule has 0 aliphatic heterocycles. The molecule has 0 aliphatic rings. The van der Waals surface area contributed by atoms with Crippen molar-refractivity contribution >= 4 is 27.5 Å². The van der Waals surface area contributed by atoms with E-state index in [1.165, 1.54) is 0 Å². The van der Waals surface area contributed by atoms with E-state index in [-0.39, 0.29) is 6.04 Å². The van der Waals surface area contributed by atoms with Crippen molar-refractivity contribution in [1.82, 2.24) is 0 Å². The van der Waals surface area contributed by atoms with Gasteiger partial charge in [0.05, 0.1) is 20.3 Å². The van der Waals surface area contributed by atoms with Crippen molar-refractivity contribution in [3.63, 3.8) is 0 Å². The molecular weight excluding hydrogens is 342 g/mol. The molecule has 0 spiro atoms. The molecular formula is C15H15BrClNO2. The molecule has 2 N–H and O–H groups in total. The van der Waals surface area contributed by atoms with E-state index >= 15 is 0 Å². The summed E-state index contributed by atoms with van der Waals surface area (Å²) in [5, 5.41) is 0.617. The second-order valence-electron chi connectivity index (χ2n) is 4.25. The highest BCUT2D eigenvalue weighted by Crippen LogP contribution is 2.35. The van der Waals surface area contributed by atoms with Crippen molar-refractivity contribution in [3.05, 3.63) is 57.0 Å². The van der Waals surface area contributed by atoms with Crippen LogP contribution in [0.2, 0.25) is 5.02 Å². The van der Waals surface area contributed by atoms with Crippen LogP contribution in [0.4, 0.5) is 0 Å². The van der Waals surface area contributed by atoms with Crippen molar-refractivity contribution in [2.75, 3.05) is 14.2 Å². The van der Waals surface area contributed by atoms with Crippen molar-refractivity contribution < 1.29 is 9.47 Å². The maximum absolute atomic E-state index is 6.34. The van der Waals surface area contributed by atoms with E-state index in [2.05, 4.69) is 15.9 Å². The molecule has 0 saturated heterocycles. The van der Waals surface area contributed by atoms with Crippen LogP contribution in [0.5, 0.6) is 11.5 Å². The van der Waals surface area contributed by atoms with E-state index in [0.717, 1.165) is 21.3 Å². The normalized spacial score (nSPS) is 12.1. The van der Waals surface area contributed by atoms with Gasteiger partial charge in [-0.05, 0) is 29.8 Å². The molecule has 2 aromatic rings. The minimum Gasteiger partial charge on any atom is -0.497 e. The summed E-state index contributed by atoms with van der Waals surface area (Å²) in [5.74, 6) is 1.45. The molecule has 2 aromatic carbocycles. The van der Waals surface area contributed by atoms with Gasteiger partial charge in [0.25, 0.3) is 0 Å². The maximum Gasteiger partial charge on any atom is 0.125 e. The first-order chi connectivity index (χ1) is 9.56. The second kappa shape index (κ2) is 6.48. The molecule has 1 unspecified atom stereocenters. The lowest BCUT2D eigenvalue weighted by molar-refractivity contribution is 0.407. The number of hydrogen-bond acceptors (Lipinski definition) is 3. The number of hydrogen-bond donors (Lipinski definition) is 1. The molecule has 0 fully saturated rings. The van der Waals surface area contributed by atoms with E-state index < -0.39 is 0 Å². The third kappa shape index (κ3) is 3.08. The van der Waals surface area contributed by atoms with Gasteiger partial charge >= 0.3 is 0 Å². The number of halogens is 2. The lowest BCUT2D eigenvalue weighted by Gasteiger charge is -2.18. The van der Waals surface area contributed by atoms with Gasteiger partial charge in [0.15, 0.2) is 0 Å². The predicted octanol–water partition coefficient (Wildman–Crippen LogP) is 4.17. The quantitative estimate of drug-likeness (QED) is 0.894. The molecule has 3 nitrogen and oxygen atoms in total. The molecule has 0 heterocycles. The summed E-state index contributed by atoms with van der Waals surface area (Å²) in [6.45, 7) is 0. The monoisotopic (exact) mass is 355 g/mol. The van der Waals surface area contributed by atoms with Crippen molar-refractivity contribution in [2.45, 2.75) is 6.04 Å². The maximum atomic E-state index is 6.34. The fourth-order valence-electron chi connectivity index (χ4n) is 2.00. The first kappa shape index (κ1) is 15.2. The number of rotatable bonds is 4. The standard InChI is InChI=1S/C15H15BrClNO2/c1-19-10-4-6-11(13(16)8-10)15(18)12-5-3-9(17)7-14(12)20-2/h3-8,15H,18H2,1-2H3. The molecule has 20 heavy (non-hydrogen) atoms. The molecule has 0 aromatic heterocycles. The van der Waals surface area contributed by atoms with Crippen LogP contribution in [0.25, 0.3) is 0 Å². The van der Waals surface area contributed by atoms with Crippen LogP contribution in [0.15, 0.2) is 40.9 Å². The second-order valence-corrected chi connectivity index (χ2v) is 5.54. The Morgan fingerprint density at radius 3 is 2.35 bits per heavy atom. The average Bonchev–Trinajstić information content (AvgIpc) is 2.46. The zero-order valence-corrected chi connectivity index (χ0v) is 13.5. The van der Waals surface area contributed by atoms with E-state index in [9.17, 15) is 0 Å². The Balaban J connectivity index is 2.43. The van der Waals surface area contributed by atoms with Gasteiger partial charge in [-0.3, -0.25) is 0 Å². The van der Waals surface area contributed by atoms with Gasteiger partial charge in [-0.15, -0.1) is 0 Å². The van der Waals surface area contributed by atoms with Crippen molar-refractivity contribution in [2.24, 2.45) is 5.73 Å². The van der Waals surface area contributed by atoms with E-state index in [1.807, 2.05) is 24.3 Å². The first-order valence-corrected chi connectivity index (χ1v) is 7.16.